The van der Waals surface area contributed by atoms with Crippen LogP contribution < -0.4 is 14.8 Å². The summed E-state index contributed by atoms with van der Waals surface area (Å²) in [5.41, 5.74) is 0. The predicted octanol–water partition coefficient (Wildman–Crippen LogP) is 0.0691. The van der Waals surface area contributed by atoms with Gasteiger partial charge in [-0.1, -0.05) is 12.1 Å². The Morgan fingerprint density at radius 1 is 1.30 bits per heavy atom. The fourth-order valence-electron chi connectivity index (χ4n) is 1.51. The first-order chi connectivity index (χ1) is 9.42. The van der Waals surface area contributed by atoms with Crippen molar-refractivity contribution in [3.63, 3.8) is 0 Å². The summed E-state index contributed by atoms with van der Waals surface area (Å²) in [6.07, 6.45) is 0.454. The number of methoxy groups -OCH3 is 1. The molecule has 1 rings (SSSR count). The second kappa shape index (κ2) is 8.08. The van der Waals surface area contributed by atoms with Crippen LogP contribution in [-0.2, 0) is 9.84 Å². The maximum atomic E-state index is 10.9. The molecule has 6 nitrogen and oxygen atoms in total. The van der Waals surface area contributed by atoms with Gasteiger partial charge in [0.15, 0.2) is 11.5 Å². The standard InChI is InChI=1S/C13H21NO5S/c1-18-12-5-3-4-6-13(12)19-10-11(15)9-14-7-8-20(2,16)17/h3-6,11,14-15H,7-10H2,1-2H3. The van der Waals surface area contributed by atoms with Gasteiger partial charge in [0.25, 0.3) is 0 Å². The van der Waals surface area contributed by atoms with E-state index >= 15 is 0 Å². The minimum Gasteiger partial charge on any atom is -0.493 e. The smallest absolute Gasteiger partial charge is 0.161 e. The van der Waals surface area contributed by atoms with Crippen LogP contribution in [0.3, 0.4) is 0 Å². The van der Waals surface area contributed by atoms with E-state index in [2.05, 4.69) is 5.32 Å². The molecule has 0 bridgehead atoms. The number of sulfone groups is 1. The Balaban J connectivity index is 2.27. The minimum absolute atomic E-state index is 0.0487. The van der Waals surface area contributed by atoms with E-state index < -0.39 is 15.9 Å². The second-order valence-electron chi connectivity index (χ2n) is 4.45. The summed E-state index contributed by atoms with van der Waals surface area (Å²) >= 11 is 0. The van der Waals surface area contributed by atoms with Crippen LogP contribution in [-0.4, -0.2) is 58.4 Å². The van der Waals surface area contributed by atoms with Gasteiger partial charge in [-0.2, -0.15) is 0 Å². The van der Waals surface area contributed by atoms with Gasteiger partial charge in [-0.05, 0) is 12.1 Å². The van der Waals surface area contributed by atoms with Gasteiger partial charge in [0, 0.05) is 19.3 Å². The van der Waals surface area contributed by atoms with Crippen molar-refractivity contribution < 1.29 is 23.0 Å². The normalized spacial score (nSPS) is 12.9. The van der Waals surface area contributed by atoms with Crippen LogP contribution in [0.15, 0.2) is 24.3 Å². The summed E-state index contributed by atoms with van der Waals surface area (Å²) in [4.78, 5) is 0. The van der Waals surface area contributed by atoms with Crippen LogP contribution in [0.4, 0.5) is 0 Å². The molecular weight excluding hydrogens is 282 g/mol. The lowest BCUT2D eigenvalue weighted by Crippen LogP contribution is -2.34. The Bertz CT molecular complexity index is 503. The van der Waals surface area contributed by atoms with Crippen molar-refractivity contribution in [3.8, 4) is 11.5 Å². The number of hydrogen-bond acceptors (Lipinski definition) is 6. The van der Waals surface area contributed by atoms with Crippen molar-refractivity contribution in [1.29, 1.82) is 0 Å². The first-order valence-electron chi connectivity index (χ1n) is 6.24. The number of aliphatic hydroxyl groups excluding tert-OH is 1. The number of aliphatic hydroxyl groups is 1. The number of benzene rings is 1. The largest absolute Gasteiger partial charge is 0.493 e. The molecule has 0 heterocycles. The molecule has 0 aliphatic heterocycles. The summed E-state index contributed by atoms with van der Waals surface area (Å²) < 4.78 is 32.4. The van der Waals surface area contributed by atoms with Crippen molar-refractivity contribution in [1.82, 2.24) is 5.32 Å². The molecule has 2 N–H and O–H groups in total. The van der Waals surface area contributed by atoms with Gasteiger partial charge < -0.3 is 19.9 Å². The first-order valence-corrected chi connectivity index (χ1v) is 8.31. The maximum Gasteiger partial charge on any atom is 0.161 e. The third-order valence-corrected chi connectivity index (χ3v) is 3.48. The van der Waals surface area contributed by atoms with Crippen molar-refractivity contribution in [2.75, 3.05) is 38.8 Å². The van der Waals surface area contributed by atoms with Gasteiger partial charge in [0.2, 0.25) is 0 Å². The molecule has 0 fully saturated rings. The molecule has 0 aliphatic rings. The zero-order valence-electron chi connectivity index (χ0n) is 11.7. The number of para-hydroxylation sites is 2. The quantitative estimate of drug-likeness (QED) is 0.628. The predicted molar refractivity (Wildman–Crippen MR) is 77.1 cm³/mol. The zero-order chi connectivity index (χ0) is 15.0. The third-order valence-electron chi connectivity index (χ3n) is 2.53. The number of nitrogens with one attached hydrogen (secondary N) is 1. The lowest BCUT2D eigenvalue weighted by Gasteiger charge is -2.14. The number of ether oxygens (including phenoxy) is 2. The zero-order valence-corrected chi connectivity index (χ0v) is 12.5. The van der Waals surface area contributed by atoms with E-state index in [-0.39, 0.29) is 18.9 Å². The molecule has 20 heavy (non-hydrogen) atoms. The summed E-state index contributed by atoms with van der Waals surface area (Å²) in [5, 5.41) is 12.6. The van der Waals surface area contributed by atoms with Crippen molar-refractivity contribution in [3.05, 3.63) is 24.3 Å². The van der Waals surface area contributed by atoms with E-state index in [0.29, 0.717) is 18.0 Å². The molecular formula is C13H21NO5S. The Morgan fingerprint density at radius 2 is 1.95 bits per heavy atom. The third kappa shape index (κ3) is 6.74. The highest BCUT2D eigenvalue weighted by Gasteiger charge is 2.08. The van der Waals surface area contributed by atoms with E-state index in [4.69, 9.17) is 9.47 Å². The molecule has 0 radical (unpaired) electrons. The van der Waals surface area contributed by atoms with Crippen molar-refractivity contribution in [2.45, 2.75) is 6.10 Å². The molecule has 0 aromatic heterocycles. The van der Waals surface area contributed by atoms with Gasteiger partial charge in [-0.25, -0.2) is 8.42 Å². The Morgan fingerprint density at radius 3 is 2.55 bits per heavy atom. The summed E-state index contributed by atoms with van der Waals surface area (Å²) in [6.45, 7) is 0.682. The number of rotatable bonds is 9. The lowest BCUT2D eigenvalue weighted by molar-refractivity contribution is 0.105. The van der Waals surface area contributed by atoms with Gasteiger partial charge in [-0.15, -0.1) is 0 Å². The average Bonchev–Trinajstić information content (AvgIpc) is 2.40. The monoisotopic (exact) mass is 303 g/mol. The van der Waals surface area contributed by atoms with Gasteiger partial charge >= 0.3 is 0 Å². The molecule has 0 spiro atoms. The Labute approximate surface area is 119 Å². The Kier molecular flexibility index (Phi) is 6.77. The summed E-state index contributed by atoms with van der Waals surface area (Å²) in [7, 11) is -1.43. The fraction of sp³-hybridized carbons (Fsp3) is 0.538. The second-order valence-corrected chi connectivity index (χ2v) is 6.71. The van der Waals surface area contributed by atoms with Crippen LogP contribution in [0, 0.1) is 0 Å². The molecule has 1 unspecified atom stereocenters. The average molecular weight is 303 g/mol. The van der Waals surface area contributed by atoms with E-state index in [1.807, 2.05) is 12.1 Å². The topological polar surface area (TPSA) is 84.9 Å². The summed E-state index contributed by atoms with van der Waals surface area (Å²) in [5.74, 6) is 1.21. The van der Waals surface area contributed by atoms with Crippen LogP contribution in [0.5, 0.6) is 11.5 Å². The molecule has 1 aromatic carbocycles. The molecule has 1 atom stereocenters. The van der Waals surface area contributed by atoms with Gasteiger partial charge in [0.1, 0.15) is 22.5 Å². The van der Waals surface area contributed by atoms with Gasteiger partial charge in [-0.3, -0.25) is 0 Å². The van der Waals surface area contributed by atoms with E-state index in [9.17, 15) is 13.5 Å². The van der Waals surface area contributed by atoms with Crippen LogP contribution in [0.25, 0.3) is 0 Å². The highest BCUT2D eigenvalue weighted by Crippen LogP contribution is 2.25. The van der Waals surface area contributed by atoms with E-state index in [1.54, 1.807) is 19.2 Å². The molecule has 1 aromatic rings. The van der Waals surface area contributed by atoms with Crippen molar-refractivity contribution >= 4 is 9.84 Å². The lowest BCUT2D eigenvalue weighted by atomic mass is 10.3. The van der Waals surface area contributed by atoms with Gasteiger partial charge in [0.05, 0.1) is 12.9 Å². The van der Waals surface area contributed by atoms with E-state index in [1.165, 1.54) is 6.26 Å². The van der Waals surface area contributed by atoms with Crippen LogP contribution >= 0.6 is 0 Å². The molecule has 0 amide bonds. The van der Waals surface area contributed by atoms with E-state index in [0.717, 1.165) is 0 Å². The molecule has 0 aliphatic carbocycles. The SMILES string of the molecule is COc1ccccc1OCC(O)CNCCS(C)(=O)=O. The van der Waals surface area contributed by atoms with Crippen LogP contribution in [0.1, 0.15) is 0 Å². The van der Waals surface area contributed by atoms with Crippen LogP contribution in [0.2, 0.25) is 0 Å². The molecule has 114 valence electrons. The molecule has 0 saturated carbocycles. The minimum atomic E-state index is -2.98. The first kappa shape index (κ1) is 16.7. The fourth-order valence-corrected chi connectivity index (χ4v) is 2.02. The molecule has 0 saturated heterocycles. The highest BCUT2D eigenvalue weighted by atomic mass is 32.2. The molecule has 7 heteroatoms. The Hall–Kier alpha value is -1.31. The number of hydrogen-bond donors (Lipinski definition) is 2. The maximum absolute atomic E-state index is 10.9. The van der Waals surface area contributed by atoms with Crippen molar-refractivity contribution in [2.24, 2.45) is 0 Å². The highest BCUT2D eigenvalue weighted by molar-refractivity contribution is 7.90. The summed E-state index contributed by atoms with van der Waals surface area (Å²) in [6, 6.07) is 7.16.